The van der Waals surface area contributed by atoms with Gasteiger partial charge in [0.2, 0.25) is 0 Å². The van der Waals surface area contributed by atoms with E-state index in [1.54, 1.807) is 11.2 Å². The molecule has 2 heterocycles. The van der Waals surface area contributed by atoms with E-state index in [0.29, 0.717) is 19.8 Å². The zero-order chi connectivity index (χ0) is 16.8. The average molecular weight is 330 g/mol. The summed E-state index contributed by atoms with van der Waals surface area (Å²) in [6.07, 6.45) is 3.40. The molecule has 1 aromatic heterocycles. The van der Waals surface area contributed by atoms with Crippen LogP contribution in [-0.2, 0) is 18.0 Å². The van der Waals surface area contributed by atoms with Gasteiger partial charge in [0.15, 0.2) is 0 Å². The van der Waals surface area contributed by atoms with Gasteiger partial charge in [0, 0.05) is 12.2 Å². The minimum Gasteiger partial charge on any atom is -0.467 e. The number of anilines is 1. The molecule has 1 saturated heterocycles. The predicted molar refractivity (Wildman–Crippen MR) is 89.5 cm³/mol. The fraction of sp³-hybridized carbons (Fsp3) is 0.389. The van der Waals surface area contributed by atoms with Gasteiger partial charge in [-0.3, -0.25) is 0 Å². The van der Waals surface area contributed by atoms with Crippen molar-refractivity contribution >= 4 is 11.7 Å². The lowest BCUT2D eigenvalue weighted by Crippen LogP contribution is -2.40. The number of carbonyl (C=O) groups is 1. The molecule has 2 aromatic rings. The fourth-order valence-electron chi connectivity index (χ4n) is 2.89. The van der Waals surface area contributed by atoms with E-state index in [2.05, 4.69) is 5.32 Å². The number of amides is 2. The molecule has 2 N–H and O–H groups in total. The van der Waals surface area contributed by atoms with Crippen molar-refractivity contribution in [2.24, 2.45) is 0 Å². The van der Waals surface area contributed by atoms with Crippen LogP contribution in [0.3, 0.4) is 0 Å². The number of hydrogen-bond donors (Lipinski definition) is 2. The Kier molecular flexibility index (Phi) is 5.51. The first-order valence-electron chi connectivity index (χ1n) is 8.14. The van der Waals surface area contributed by atoms with Crippen molar-refractivity contribution < 1.29 is 19.1 Å². The van der Waals surface area contributed by atoms with Crippen LogP contribution in [0.1, 0.15) is 24.2 Å². The number of benzene rings is 1. The Morgan fingerprint density at radius 3 is 3.04 bits per heavy atom. The number of hydrogen-bond acceptors (Lipinski definition) is 4. The van der Waals surface area contributed by atoms with Crippen molar-refractivity contribution in [3.8, 4) is 0 Å². The number of furan rings is 1. The van der Waals surface area contributed by atoms with Crippen LogP contribution in [0, 0.1) is 0 Å². The second-order valence-electron chi connectivity index (χ2n) is 5.87. The Hall–Kier alpha value is -2.31. The van der Waals surface area contributed by atoms with Gasteiger partial charge in [0.1, 0.15) is 12.4 Å². The van der Waals surface area contributed by atoms with Gasteiger partial charge >= 0.3 is 6.03 Å². The zero-order valence-electron chi connectivity index (χ0n) is 13.5. The first-order valence-corrected chi connectivity index (χ1v) is 8.14. The van der Waals surface area contributed by atoms with Crippen LogP contribution in [0.2, 0.25) is 0 Å². The summed E-state index contributed by atoms with van der Waals surface area (Å²) in [6, 6.07) is 11.0. The fourth-order valence-corrected chi connectivity index (χ4v) is 2.89. The summed E-state index contributed by atoms with van der Waals surface area (Å²) in [5.74, 6) is 0.781. The SMILES string of the molecule is O=C(Nc1cccc(COCc2ccco2)c1)N1CCC[C@@H]1CO. The van der Waals surface area contributed by atoms with Crippen molar-refractivity contribution in [2.75, 3.05) is 18.5 Å². The Morgan fingerprint density at radius 2 is 2.25 bits per heavy atom. The molecule has 1 atom stereocenters. The smallest absolute Gasteiger partial charge is 0.322 e. The third kappa shape index (κ3) is 4.15. The lowest BCUT2D eigenvalue weighted by Gasteiger charge is -2.23. The zero-order valence-corrected chi connectivity index (χ0v) is 13.5. The second kappa shape index (κ2) is 7.99. The van der Waals surface area contributed by atoms with E-state index >= 15 is 0 Å². The van der Waals surface area contributed by atoms with Gasteiger partial charge < -0.3 is 24.5 Å². The van der Waals surface area contributed by atoms with E-state index in [1.807, 2.05) is 36.4 Å². The molecular formula is C18H22N2O4. The molecule has 0 spiro atoms. The summed E-state index contributed by atoms with van der Waals surface area (Å²) in [4.78, 5) is 14.0. The largest absolute Gasteiger partial charge is 0.467 e. The molecule has 0 saturated carbocycles. The number of likely N-dealkylation sites (tertiary alicyclic amines) is 1. The molecule has 24 heavy (non-hydrogen) atoms. The predicted octanol–water partition coefficient (Wildman–Crippen LogP) is 2.99. The summed E-state index contributed by atoms with van der Waals surface area (Å²) in [5, 5.41) is 12.2. The van der Waals surface area contributed by atoms with Gasteiger partial charge in [-0.05, 0) is 42.7 Å². The lowest BCUT2D eigenvalue weighted by atomic mass is 10.2. The Labute approximate surface area is 141 Å². The molecule has 1 aromatic carbocycles. The maximum Gasteiger partial charge on any atom is 0.322 e. The molecule has 3 rings (SSSR count). The number of aliphatic hydroxyl groups excluding tert-OH is 1. The summed E-state index contributed by atoms with van der Waals surface area (Å²) in [5.41, 5.74) is 1.70. The number of nitrogens with zero attached hydrogens (tertiary/aromatic N) is 1. The molecule has 6 nitrogen and oxygen atoms in total. The molecule has 2 amide bonds. The van der Waals surface area contributed by atoms with E-state index < -0.39 is 0 Å². The quantitative estimate of drug-likeness (QED) is 0.854. The number of rotatable bonds is 6. The second-order valence-corrected chi connectivity index (χ2v) is 5.87. The van der Waals surface area contributed by atoms with Crippen molar-refractivity contribution in [1.82, 2.24) is 4.90 Å². The summed E-state index contributed by atoms with van der Waals surface area (Å²) < 4.78 is 10.8. The molecular weight excluding hydrogens is 308 g/mol. The third-order valence-electron chi connectivity index (χ3n) is 4.12. The molecule has 1 fully saturated rings. The minimum absolute atomic E-state index is 0.00801. The van der Waals surface area contributed by atoms with Gasteiger partial charge in [-0.15, -0.1) is 0 Å². The summed E-state index contributed by atoms with van der Waals surface area (Å²) in [7, 11) is 0. The summed E-state index contributed by atoms with van der Waals surface area (Å²) in [6.45, 7) is 1.54. The van der Waals surface area contributed by atoms with E-state index in [0.717, 1.165) is 29.9 Å². The number of nitrogens with one attached hydrogen (secondary N) is 1. The molecule has 1 aliphatic rings. The maximum atomic E-state index is 12.3. The lowest BCUT2D eigenvalue weighted by molar-refractivity contribution is 0.0930. The number of urea groups is 1. The molecule has 1 aliphatic heterocycles. The monoisotopic (exact) mass is 330 g/mol. The van der Waals surface area contributed by atoms with Crippen LogP contribution >= 0.6 is 0 Å². The topological polar surface area (TPSA) is 74.9 Å². The minimum atomic E-state index is -0.166. The third-order valence-corrected chi connectivity index (χ3v) is 4.12. The molecule has 6 heteroatoms. The molecule has 0 aliphatic carbocycles. The van der Waals surface area contributed by atoms with Gasteiger partial charge in [0.25, 0.3) is 0 Å². The highest BCUT2D eigenvalue weighted by molar-refractivity contribution is 5.89. The first-order chi connectivity index (χ1) is 11.8. The van der Waals surface area contributed by atoms with Crippen LogP contribution in [0.25, 0.3) is 0 Å². The number of carbonyl (C=O) groups excluding carboxylic acids is 1. The molecule has 0 unspecified atom stereocenters. The Bertz CT molecular complexity index is 657. The van der Waals surface area contributed by atoms with Crippen LogP contribution in [-0.4, -0.2) is 35.2 Å². The maximum absolute atomic E-state index is 12.3. The summed E-state index contributed by atoms with van der Waals surface area (Å²) >= 11 is 0. The van der Waals surface area contributed by atoms with E-state index in [9.17, 15) is 9.90 Å². The van der Waals surface area contributed by atoms with Crippen LogP contribution in [0.4, 0.5) is 10.5 Å². The van der Waals surface area contributed by atoms with Crippen molar-refractivity contribution in [3.05, 3.63) is 54.0 Å². The van der Waals surface area contributed by atoms with Crippen molar-refractivity contribution in [1.29, 1.82) is 0 Å². The highest BCUT2D eigenvalue weighted by Gasteiger charge is 2.27. The normalized spacial score (nSPS) is 17.2. The van der Waals surface area contributed by atoms with Gasteiger partial charge in [0.05, 0.1) is 25.5 Å². The van der Waals surface area contributed by atoms with Crippen molar-refractivity contribution in [3.63, 3.8) is 0 Å². The Balaban J connectivity index is 1.53. The van der Waals surface area contributed by atoms with Gasteiger partial charge in [-0.1, -0.05) is 12.1 Å². The van der Waals surface area contributed by atoms with E-state index in [4.69, 9.17) is 9.15 Å². The highest BCUT2D eigenvalue weighted by atomic mass is 16.5. The number of ether oxygens (including phenoxy) is 1. The molecule has 128 valence electrons. The van der Waals surface area contributed by atoms with Gasteiger partial charge in [-0.2, -0.15) is 0 Å². The standard InChI is InChI=1S/C18H22N2O4/c21-11-16-6-2-8-20(16)18(22)19-15-5-1-4-14(10-15)12-23-13-17-7-3-9-24-17/h1,3-5,7,9-10,16,21H,2,6,8,11-13H2,(H,19,22)/t16-/m1/s1. The van der Waals surface area contributed by atoms with Crippen LogP contribution in [0.5, 0.6) is 0 Å². The van der Waals surface area contributed by atoms with Crippen molar-refractivity contribution in [2.45, 2.75) is 32.1 Å². The average Bonchev–Trinajstić information content (AvgIpc) is 3.26. The highest BCUT2D eigenvalue weighted by Crippen LogP contribution is 2.19. The van der Waals surface area contributed by atoms with Crippen LogP contribution < -0.4 is 5.32 Å². The Morgan fingerprint density at radius 1 is 1.33 bits per heavy atom. The molecule has 0 bridgehead atoms. The van der Waals surface area contributed by atoms with E-state index in [-0.39, 0.29) is 18.7 Å². The molecule has 0 radical (unpaired) electrons. The van der Waals surface area contributed by atoms with E-state index in [1.165, 1.54) is 0 Å². The van der Waals surface area contributed by atoms with Gasteiger partial charge in [-0.25, -0.2) is 4.79 Å². The first kappa shape index (κ1) is 16.5. The van der Waals surface area contributed by atoms with Crippen LogP contribution in [0.15, 0.2) is 47.1 Å². The number of aliphatic hydroxyl groups is 1.